The second-order valence-corrected chi connectivity index (χ2v) is 11.6. The molecule has 2 aliphatic rings. The monoisotopic (exact) mass is 476 g/mol. The number of aromatic nitrogens is 4. The summed E-state index contributed by atoms with van der Waals surface area (Å²) in [4.78, 5) is 24.9. The van der Waals surface area contributed by atoms with E-state index >= 15 is 0 Å². The summed E-state index contributed by atoms with van der Waals surface area (Å²) in [6, 6.07) is 2.72. The van der Waals surface area contributed by atoms with Gasteiger partial charge in [0.05, 0.1) is 12.2 Å². The number of carbonyl (C=O) groups is 1. The van der Waals surface area contributed by atoms with E-state index < -0.39 is 0 Å². The SMILES string of the molecule is Cc1nc2c(C)cc(-c3[nH]c4sc([C@@H]5CC6CC5CN6CC(N)=O)c(C)c4c3C(C)C)cn2n1. The molecule has 4 aromatic heterocycles. The van der Waals surface area contributed by atoms with Crippen LogP contribution >= 0.6 is 11.3 Å². The maximum Gasteiger partial charge on any atom is 0.231 e. The molecule has 7 nitrogen and oxygen atoms in total. The summed E-state index contributed by atoms with van der Waals surface area (Å²) in [5.41, 5.74) is 12.7. The van der Waals surface area contributed by atoms with Gasteiger partial charge in [-0.05, 0) is 74.1 Å². The smallest absolute Gasteiger partial charge is 0.231 e. The first-order valence-corrected chi connectivity index (χ1v) is 13.0. The van der Waals surface area contributed by atoms with Crippen molar-refractivity contribution >= 4 is 33.1 Å². The van der Waals surface area contributed by atoms with Gasteiger partial charge in [-0.3, -0.25) is 9.69 Å². The van der Waals surface area contributed by atoms with Crippen LogP contribution in [0.5, 0.6) is 0 Å². The van der Waals surface area contributed by atoms with Gasteiger partial charge in [-0.15, -0.1) is 11.3 Å². The molecule has 1 aliphatic heterocycles. The number of rotatable bonds is 5. The molecule has 6 rings (SSSR count). The van der Waals surface area contributed by atoms with E-state index in [4.69, 9.17) is 5.73 Å². The van der Waals surface area contributed by atoms with Gasteiger partial charge >= 0.3 is 0 Å². The van der Waals surface area contributed by atoms with Crippen molar-refractivity contribution in [3.05, 3.63) is 39.7 Å². The fourth-order valence-electron chi connectivity index (χ4n) is 6.56. The summed E-state index contributed by atoms with van der Waals surface area (Å²) >= 11 is 1.93. The topological polar surface area (TPSA) is 92.3 Å². The second kappa shape index (κ2) is 7.65. The number of nitrogens with two attached hydrogens (primary N) is 1. The van der Waals surface area contributed by atoms with Crippen LogP contribution in [-0.4, -0.2) is 49.5 Å². The summed E-state index contributed by atoms with van der Waals surface area (Å²) in [6.45, 7) is 12.3. The van der Waals surface area contributed by atoms with Crippen LogP contribution in [0.15, 0.2) is 12.3 Å². The zero-order valence-corrected chi connectivity index (χ0v) is 21.3. The van der Waals surface area contributed by atoms with Gasteiger partial charge in [-0.2, -0.15) is 5.10 Å². The first kappa shape index (κ1) is 21.8. The third-order valence-corrected chi connectivity index (χ3v) is 9.24. The Morgan fingerprint density at radius 2 is 2.09 bits per heavy atom. The van der Waals surface area contributed by atoms with Gasteiger partial charge in [0.2, 0.25) is 5.91 Å². The average Bonchev–Trinajstić information content (AvgIpc) is 3.53. The first-order chi connectivity index (χ1) is 16.2. The Morgan fingerprint density at radius 1 is 1.29 bits per heavy atom. The number of likely N-dealkylation sites (tertiary alicyclic amines) is 1. The van der Waals surface area contributed by atoms with E-state index in [9.17, 15) is 4.79 Å². The normalized spacial score (nSPS) is 22.7. The molecule has 1 saturated carbocycles. The van der Waals surface area contributed by atoms with E-state index in [0.717, 1.165) is 35.6 Å². The van der Waals surface area contributed by atoms with Crippen LogP contribution in [-0.2, 0) is 4.79 Å². The number of aromatic amines is 1. The van der Waals surface area contributed by atoms with E-state index in [1.165, 1.54) is 38.3 Å². The third-order valence-electron chi connectivity index (χ3n) is 7.90. The maximum atomic E-state index is 11.4. The third kappa shape index (κ3) is 3.22. The first-order valence-electron chi connectivity index (χ1n) is 12.2. The molecule has 2 fully saturated rings. The molecular formula is C26H32N6OS. The average molecular weight is 477 g/mol. The lowest BCUT2D eigenvalue weighted by Crippen LogP contribution is -2.40. The number of fused-ring (bicyclic) bond motifs is 4. The lowest BCUT2D eigenvalue weighted by molar-refractivity contribution is -0.119. The molecule has 2 bridgehead atoms. The van der Waals surface area contributed by atoms with Crippen molar-refractivity contribution in [2.24, 2.45) is 11.7 Å². The van der Waals surface area contributed by atoms with Crippen molar-refractivity contribution in [3.63, 3.8) is 0 Å². The number of nitrogens with zero attached hydrogens (tertiary/aromatic N) is 4. The highest BCUT2D eigenvalue weighted by atomic mass is 32.1. The molecule has 4 aromatic rings. The van der Waals surface area contributed by atoms with E-state index in [0.29, 0.717) is 30.3 Å². The van der Waals surface area contributed by atoms with Gasteiger partial charge in [-0.1, -0.05) is 13.8 Å². The van der Waals surface area contributed by atoms with E-state index in [2.05, 4.69) is 59.9 Å². The van der Waals surface area contributed by atoms with Crippen molar-refractivity contribution in [1.82, 2.24) is 24.5 Å². The van der Waals surface area contributed by atoms with Gasteiger partial charge in [0.1, 0.15) is 10.7 Å². The molecule has 34 heavy (non-hydrogen) atoms. The number of hydrogen-bond acceptors (Lipinski definition) is 5. The summed E-state index contributed by atoms with van der Waals surface area (Å²) in [5, 5.41) is 5.96. The molecule has 2 unspecified atom stereocenters. The van der Waals surface area contributed by atoms with Crippen molar-refractivity contribution in [3.8, 4) is 11.3 Å². The number of carbonyl (C=O) groups excluding carboxylic acids is 1. The Bertz CT molecular complexity index is 1440. The number of thiophene rings is 1. The van der Waals surface area contributed by atoms with Crippen molar-refractivity contribution in [1.29, 1.82) is 0 Å². The summed E-state index contributed by atoms with van der Waals surface area (Å²) < 4.78 is 1.91. The maximum absolute atomic E-state index is 11.4. The number of aryl methyl sites for hydroxylation is 3. The van der Waals surface area contributed by atoms with Crippen molar-refractivity contribution < 1.29 is 4.79 Å². The minimum Gasteiger partial charge on any atom is -0.369 e. The molecule has 5 heterocycles. The summed E-state index contributed by atoms with van der Waals surface area (Å²) in [7, 11) is 0. The lowest BCUT2D eigenvalue weighted by Gasteiger charge is -2.30. The van der Waals surface area contributed by atoms with Crippen molar-refractivity contribution in [2.75, 3.05) is 13.1 Å². The van der Waals surface area contributed by atoms with Crippen LogP contribution in [0.1, 0.15) is 65.9 Å². The Hall–Kier alpha value is -2.71. The molecule has 1 saturated heterocycles. The van der Waals surface area contributed by atoms with Gasteiger partial charge in [0, 0.05) is 34.6 Å². The van der Waals surface area contributed by atoms with Gasteiger partial charge in [0.25, 0.3) is 0 Å². The highest BCUT2D eigenvalue weighted by Gasteiger charge is 2.46. The summed E-state index contributed by atoms with van der Waals surface area (Å²) in [6.07, 6.45) is 4.42. The minimum absolute atomic E-state index is 0.215. The molecule has 1 amide bonds. The highest BCUT2D eigenvalue weighted by molar-refractivity contribution is 7.19. The molecular weight excluding hydrogens is 444 g/mol. The van der Waals surface area contributed by atoms with E-state index in [1.807, 2.05) is 22.8 Å². The van der Waals surface area contributed by atoms with Crippen LogP contribution in [0, 0.1) is 26.7 Å². The summed E-state index contributed by atoms with van der Waals surface area (Å²) in [5.74, 6) is 2.17. The zero-order chi connectivity index (χ0) is 23.9. The van der Waals surface area contributed by atoms with Crippen LogP contribution in [0.4, 0.5) is 0 Å². The Labute approximate surface area is 203 Å². The number of pyridine rings is 1. The minimum atomic E-state index is -0.215. The molecule has 3 N–H and O–H groups in total. The van der Waals surface area contributed by atoms with E-state index in [-0.39, 0.29) is 5.91 Å². The van der Waals surface area contributed by atoms with Crippen LogP contribution in [0.2, 0.25) is 0 Å². The molecule has 0 radical (unpaired) electrons. The molecule has 8 heteroatoms. The molecule has 1 aliphatic carbocycles. The molecule has 3 atom stereocenters. The van der Waals surface area contributed by atoms with E-state index in [1.54, 1.807) is 0 Å². The van der Waals surface area contributed by atoms with Gasteiger partial charge < -0.3 is 10.7 Å². The lowest BCUT2D eigenvalue weighted by atomic mass is 9.89. The van der Waals surface area contributed by atoms with Gasteiger partial charge in [-0.25, -0.2) is 9.50 Å². The number of hydrogen-bond donors (Lipinski definition) is 2. The molecule has 178 valence electrons. The van der Waals surface area contributed by atoms with Crippen LogP contribution < -0.4 is 5.73 Å². The number of H-pyrrole nitrogens is 1. The molecule has 0 spiro atoms. The molecule has 0 aromatic carbocycles. The van der Waals surface area contributed by atoms with Crippen molar-refractivity contribution in [2.45, 2.75) is 65.3 Å². The Kier molecular flexibility index (Phi) is 4.90. The standard InChI is InChI=1S/C26H32N6OS/c1-12(2)21-22-14(4)24(19-8-18-7-16(19)9-31(18)11-20(27)33)34-26(22)29-23(21)17-6-13(3)25-28-15(5)30-32(25)10-17/h6,10,12,16,18-19,29H,7-9,11H2,1-5H3,(H2,27,33)/t16?,18?,19-/m1/s1. The number of amides is 1. The number of nitrogens with one attached hydrogen (secondary N) is 1. The van der Waals surface area contributed by atoms with Gasteiger partial charge in [0.15, 0.2) is 5.65 Å². The Balaban J connectivity index is 1.41. The van der Waals surface area contributed by atoms with Crippen LogP contribution in [0.3, 0.4) is 0 Å². The fourth-order valence-corrected chi connectivity index (χ4v) is 7.99. The number of primary amides is 1. The Morgan fingerprint density at radius 3 is 2.76 bits per heavy atom. The zero-order valence-electron chi connectivity index (χ0n) is 20.5. The quantitative estimate of drug-likeness (QED) is 0.438. The largest absolute Gasteiger partial charge is 0.369 e. The fraction of sp³-hybridized carbons (Fsp3) is 0.500. The number of piperidine rings is 1. The van der Waals surface area contributed by atoms with Crippen LogP contribution in [0.25, 0.3) is 27.1 Å². The predicted octanol–water partition coefficient (Wildman–Crippen LogP) is 4.65. The predicted molar refractivity (Wildman–Crippen MR) is 136 cm³/mol. The second-order valence-electron chi connectivity index (χ2n) is 10.6. The highest BCUT2D eigenvalue weighted by Crippen LogP contribution is 2.52.